The van der Waals surface area contributed by atoms with Gasteiger partial charge in [-0.15, -0.1) is 0 Å². The van der Waals surface area contributed by atoms with Gasteiger partial charge in [0.25, 0.3) is 5.91 Å². The highest BCUT2D eigenvalue weighted by atomic mass is 32.2. The van der Waals surface area contributed by atoms with Gasteiger partial charge in [0, 0.05) is 37.3 Å². The van der Waals surface area contributed by atoms with E-state index in [1.54, 1.807) is 18.7 Å². The summed E-state index contributed by atoms with van der Waals surface area (Å²) in [4.78, 5) is 26.0. The van der Waals surface area contributed by atoms with Gasteiger partial charge in [0.15, 0.2) is 15.6 Å². The molecule has 0 unspecified atom stereocenters. The fraction of sp³-hybridized carbons (Fsp3) is 0.364. The van der Waals surface area contributed by atoms with Crippen LogP contribution in [0.1, 0.15) is 41.5 Å². The summed E-state index contributed by atoms with van der Waals surface area (Å²) in [5.41, 5.74) is 0.787. The van der Waals surface area contributed by atoms with Gasteiger partial charge in [0.05, 0.1) is 15.0 Å². The van der Waals surface area contributed by atoms with Crippen molar-refractivity contribution in [2.75, 3.05) is 26.2 Å². The third-order valence-corrected chi connectivity index (χ3v) is 9.56. The molecule has 0 atom stereocenters. The van der Waals surface area contributed by atoms with Gasteiger partial charge >= 0.3 is 0 Å². The van der Waals surface area contributed by atoms with E-state index in [0.29, 0.717) is 11.1 Å². The Bertz CT molecular complexity index is 1210. The van der Waals surface area contributed by atoms with E-state index in [1.165, 1.54) is 59.8 Å². The molecule has 0 aliphatic carbocycles. The third kappa shape index (κ3) is 4.77. The average molecular weight is 479 g/mol. The molecule has 0 saturated carbocycles. The van der Waals surface area contributed by atoms with Gasteiger partial charge in [0.2, 0.25) is 10.0 Å². The molecule has 0 N–H and O–H groups in total. The monoisotopic (exact) mass is 478 g/mol. The Morgan fingerprint density at radius 3 is 1.69 bits per heavy atom. The first kappa shape index (κ1) is 24.1. The Morgan fingerprint density at radius 1 is 0.750 bits per heavy atom. The number of ketones is 1. The highest BCUT2D eigenvalue weighted by molar-refractivity contribution is 7.92. The Labute approximate surface area is 188 Å². The van der Waals surface area contributed by atoms with E-state index in [0.717, 1.165) is 0 Å². The van der Waals surface area contributed by atoms with Crippen LogP contribution in [0.5, 0.6) is 0 Å². The van der Waals surface area contributed by atoms with Crippen molar-refractivity contribution in [1.82, 2.24) is 9.21 Å². The number of Topliss-reactive ketones (excluding diaryl/α,β-unsaturated/α-hetero) is 1. The molecule has 1 aliphatic rings. The Morgan fingerprint density at radius 2 is 1.22 bits per heavy atom. The van der Waals surface area contributed by atoms with Crippen LogP contribution >= 0.6 is 0 Å². The van der Waals surface area contributed by atoms with Crippen LogP contribution in [0, 0.1) is 0 Å². The Hall–Kier alpha value is -2.56. The van der Waals surface area contributed by atoms with Crippen molar-refractivity contribution in [2.24, 2.45) is 0 Å². The highest BCUT2D eigenvalue weighted by Crippen LogP contribution is 2.21. The number of hydrogen-bond acceptors (Lipinski definition) is 6. The summed E-state index contributed by atoms with van der Waals surface area (Å²) < 4.78 is 51.6. The van der Waals surface area contributed by atoms with Gasteiger partial charge < -0.3 is 4.90 Å². The van der Waals surface area contributed by atoms with Crippen molar-refractivity contribution in [1.29, 1.82) is 0 Å². The number of benzene rings is 2. The smallest absolute Gasteiger partial charge is 0.253 e. The van der Waals surface area contributed by atoms with E-state index in [2.05, 4.69) is 0 Å². The summed E-state index contributed by atoms with van der Waals surface area (Å²) in [5, 5.41) is -0.558. The third-order valence-electron chi connectivity index (χ3n) is 5.47. The van der Waals surface area contributed by atoms with Crippen LogP contribution < -0.4 is 0 Å². The van der Waals surface area contributed by atoms with Gasteiger partial charge in [-0.1, -0.05) is 12.1 Å². The fourth-order valence-electron chi connectivity index (χ4n) is 3.38. The van der Waals surface area contributed by atoms with Crippen molar-refractivity contribution in [3.05, 3.63) is 59.7 Å². The number of piperazine rings is 1. The number of sulfonamides is 1. The standard InChI is InChI=1S/C22H26N2O6S2/c1-16(2)31(27,28)20-8-6-19(7-9-20)22(26)23-12-14-24(15-13-23)32(29,30)21-10-4-18(5-11-21)17(3)25/h4-11,16H,12-15H2,1-3H3. The molecule has 0 aromatic heterocycles. The normalized spacial score (nSPS) is 15.7. The van der Waals surface area contributed by atoms with Gasteiger partial charge in [-0.25, -0.2) is 16.8 Å². The molecule has 1 fully saturated rings. The molecule has 1 amide bonds. The molecular formula is C22H26N2O6S2. The SMILES string of the molecule is CC(=O)c1ccc(S(=O)(=O)N2CCN(C(=O)c3ccc(S(=O)(=O)C(C)C)cc3)CC2)cc1. The zero-order chi connectivity index (χ0) is 23.7. The lowest BCUT2D eigenvalue weighted by molar-refractivity contribution is 0.0697. The van der Waals surface area contributed by atoms with Crippen molar-refractivity contribution in [2.45, 2.75) is 35.8 Å². The molecule has 1 saturated heterocycles. The molecule has 8 nitrogen and oxygen atoms in total. The molecule has 2 aromatic carbocycles. The summed E-state index contributed by atoms with van der Waals surface area (Å²) >= 11 is 0. The van der Waals surface area contributed by atoms with Crippen LogP contribution in [0.3, 0.4) is 0 Å². The highest BCUT2D eigenvalue weighted by Gasteiger charge is 2.30. The molecule has 2 aromatic rings. The van der Waals surface area contributed by atoms with E-state index >= 15 is 0 Å². The van der Waals surface area contributed by atoms with Gasteiger partial charge in [-0.3, -0.25) is 9.59 Å². The molecule has 172 valence electrons. The number of nitrogens with zero attached hydrogens (tertiary/aromatic N) is 2. The van der Waals surface area contributed by atoms with Gasteiger partial charge in [0.1, 0.15) is 0 Å². The predicted molar refractivity (Wildman–Crippen MR) is 120 cm³/mol. The van der Waals surface area contributed by atoms with Crippen molar-refractivity contribution in [3.63, 3.8) is 0 Å². The molecule has 1 aliphatic heterocycles. The summed E-state index contributed by atoms with van der Waals surface area (Å²) in [6, 6.07) is 11.6. The van der Waals surface area contributed by atoms with Crippen molar-refractivity contribution < 1.29 is 26.4 Å². The van der Waals surface area contributed by atoms with Crippen molar-refractivity contribution >= 4 is 31.6 Å². The quantitative estimate of drug-likeness (QED) is 0.589. The summed E-state index contributed by atoms with van der Waals surface area (Å²) in [5.74, 6) is -0.419. The minimum atomic E-state index is -3.73. The van der Waals surface area contributed by atoms with Crippen LogP contribution in [0.25, 0.3) is 0 Å². The first-order valence-corrected chi connectivity index (χ1v) is 13.2. The maximum atomic E-state index is 12.9. The number of amides is 1. The van der Waals surface area contributed by atoms with E-state index in [4.69, 9.17) is 0 Å². The molecule has 10 heteroatoms. The molecule has 0 bridgehead atoms. The maximum absolute atomic E-state index is 12.9. The second-order valence-electron chi connectivity index (χ2n) is 7.89. The second-order valence-corrected chi connectivity index (χ2v) is 12.3. The van der Waals surface area contributed by atoms with Crippen LogP contribution in [-0.4, -0.2) is 69.2 Å². The molecule has 1 heterocycles. The number of sulfone groups is 1. The van der Waals surface area contributed by atoms with Crippen LogP contribution in [-0.2, 0) is 19.9 Å². The Kier molecular flexibility index (Phi) is 6.87. The molecule has 32 heavy (non-hydrogen) atoms. The minimum absolute atomic E-state index is 0.101. The second kappa shape index (κ2) is 9.13. The van der Waals surface area contributed by atoms with Crippen molar-refractivity contribution in [3.8, 4) is 0 Å². The predicted octanol–water partition coefficient (Wildman–Crippen LogP) is 2.22. The zero-order valence-electron chi connectivity index (χ0n) is 18.2. The van der Waals surface area contributed by atoms with E-state index in [1.807, 2.05) is 0 Å². The molecule has 0 spiro atoms. The van der Waals surface area contributed by atoms with Crippen LogP contribution in [0.4, 0.5) is 0 Å². The lowest BCUT2D eigenvalue weighted by atomic mass is 10.2. The summed E-state index contributed by atoms with van der Waals surface area (Å²) in [6.45, 7) is 5.33. The lowest BCUT2D eigenvalue weighted by Crippen LogP contribution is -2.50. The first-order valence-electron chi connectivity index (χ1n) is 10.2. The number of carbonyl (C=O) groups is 2. The van der Waals surface area contributed by atoms with E-state index < -0.39 is 25.1 Å². The summed E-state index contributed by atoms with van der Waals surface area (Å²) in [7, 11) is -7.15. The first-order chi connectivity index (χ1) is 14.9. The molecular weight excluding hydrogens is 452 g/mol. The largest absolute Gasteiger partial charge is 0.336 e. The molecule has 3 rings (SSSR count). The maximum Gasteiger partial charge on any atom is 0.253 e. The van der Waals surface area contributed by atoms with Gasteiger partial charge in [-0.2, -0.15) is 4.31 Å². The zero-order valence-corrected chi connectivity index (χ0v) is 19.8. The average Bonchev–Trinajstić information content (AvgIpc) is 2.78. The summed E-state index contributed by atoms with van der Waals surface area (Å²) in [6.07, 6.45) is 0. The van der Waals surface area contributed by atoms with Crippen LogP contribution in [0.2, 0.25) is 0 Å². The number of hydrogen-bond donors (Lipinski definition) is 0. The fourth-order valence-corrected chi connectivity index (χ4v) is 5.87. The minimum Gasteiger partial charge on any atom is -0.336 e. The number of rotatable bonds is 6. The van der Waals surface area contributed by atoms with E-state index in [9.17, 15) is 26.4 Å². The topological polar surface area (TPSA) is 109 Å². The number of carbonyl (C=O) groups excluding carboxylic acids is 2. The van der Waals surface area contributed by atoms with Crippen LogP contribution in [0.15, 0.2) is 58.3 Å². The molecule has 0 radical (unpaired) electrons. The lowest BCUT2D eigenvalue weighted by Gasteiger charge is -2.34. The van der Waals surface area contributed by atoms with Gasteiger partial charge in [-0.05, 0) is 57.2 Å². The Balaban J connectivity index is 1.67. The van der Waals surface area contributed by atoms with E-state index in [-0.39, 0.29) is 47.7 Å².